The molecule has 0 spiro atoms. The summed E-state index contributed by atoms with van der Waals surface area (Å²) in [6.45, 7) is 3.61. The van der Waals surface area contributed by atoms with Gasteiger partial charge in [0, 0.05) is 12.2 Å². The van der Waals surface area contributed by atoms with E-state index >= 15 is 0 Å². The Morgan fingerprint density at radius 3 is 1.91 bits per heavy atom. The number of thiol groups is 1. The standard InChI is InChI=1S/C19H34N4O7S2/c1-10(2)8-13(19(29)30)22-18(28)14(9-31)23-17(27)12(4-5-15(24)25)21-16(26)11(20)6-7-32-3/h10-14,31H,4-9,20H2,1-3H3,(H,21,26)(H,22,28)(H,23,27)(H,24,25)(H,29,30). The largest absolute Gasteiger partial charge is 0.481 e. The topological polar surface area (TPSA) is 188 Å². The number of rotatable bonds is 16. The Morgan fingerprint density at radius 1 is 0.906 bits per heavy atom. The fourth-order valence-electron chi connectivity index (χ4n) is 2.62. The second kappa shape index (κ2) is 15.8. The summed E-state index contributed by atoms with van der Waals surface area (Å²) in [6.07, 6.45) is 1.81. The quantitative estimate of drug-likeness (QED) is 0.138. The normalized spacial score (nSPS) is 14.7. The van der Waals surface area contributed by atoms with E-state index in [0.717, 1.165) is 0 Å². The van der Waals surface area contributed by atoms with Crippen LogP contribution >= 0.6 is 24.4 Å². The van der Waals surface area contributed by atoms with E-state index in [1.165, 1.54) is 11.8 Å². The lowest BCUT2D eigenvalue weighted by Crippen LogP contribution is -2.57. The first-order valence-electron chi connectivity index (χ1n) is 10.1. The van der Waals surface area contributed by atoms with Gasteiger partial charge in [0.1, 0.15) is 18.1 Å². The zero-order valence-electron chi connectivity index (χ0n) is 18.5. The van der Waals surface area contributed by atoms with E-state index in [4.69, 9.17) is 10.8 Å². The molecule has 7 N–H and O–H groups in total. The second-order valence-corrected chi connectivity index (χ2v) is 9.01. The molecule has 184 valence electrons. The lowest BCUT2D eigenvalue weighted by atomic mass is 10.0. The third kappa shape index (κ3) is 12.2. The SMILES string of the molecule is CSCCC(N)C(=O)NC(CCC(=O)O)C(=O)NC(CS)C(=O)NC(CC(C)C)C(=O)O. The Bertz CT molecular complexity index is 664. The molecule has 0 aromatic rings. The number of carboxylic acids is 2. The van der Waals surface area contributed by atoms with Gasteiger partial charge in [-0.25, -0.2) is 4.79 Å². The molecular formula is C19H34N4O7S2. The van der Waals surface area contributed by atoms with Gasteiger partial charge in [0.25, 0.3) is 0 Å². The molecule has 0 heterocycles. The molecule has 32 heavy (non-hydrogen) atoms. The van der Waals surface area contributed by atoms with Crippen molar-refractivity contribution in [2.24, 2.45) is 11.7 Å². The molecule has 0 aliphatic carbocycles. The fourth-order valence-corrected chi connectivity index (χ4v) is 3.37. The third-order valence-corrected chi connectivity index (χ3v) is 5.40. The first kappa shape index (κ1) is 30.0. The summed E-state index contributed by atoms with van der Waals surface area (Å²) in [5, 5.41) is 25.4. The van der Waals surface area contributed by atoms with Crippen molar-refractivity contribution in [2.75, 3.05) is 17.8 Å². The number of nitrogens with two attached hydrogens (primary N) is 1. The van der Waals surface area contributed by atoms with Gasteiger partial charge in [-0.1, -0.05) is 13.8 Å². The maximum atomic E-state index is 12.7. The van der Waals surface area contributed by atoms with Gasteiger partial charge >= 0.3 is 11.9 Å². The van der Waals surface area contributed by atoms with Crippen LogP contribution in [0.3, 0.4) is 0 Å². The lowest BCUT2D eigenvalue weighted by Gasteiger charge is -2.24. The zero-order chi connectivity index (χ0) is 24.8. The summed E-state index contributed by atoms with van der Waals surface area (Å²) in [5.74, 6) is -4.02. The summed E-state index contributed by atoms with van der Waals surface area (Å²) in [5.41, 5.74) is 5.80. The molecule has 4 unspecified atom stereocenters. The highest BCUT2D eigenvalue weighted by molar-refractivity contribution is 7.98. The van der Waals surface area contributed by atoms with E-state index in [2.05, 4.69) is 28.6 Å². The number of thioether (sulfide) groups is 1. The predicted molar refractivity (Wildman–Crippen MR) is 125 cm³/mol. The van der Waals surface area contributed by atoms with E-state index in [0.29, 0.717) is 12.2 Å². The van der Waals surface area contributed by atoms with Gasteiger partial charge in [-0.05, 0) is 37.2 Å². The number of nitrogens with one attached hydrogen (secondary N) is 3. The lowest BCUT2D eigenvalue weighted by molar-refractivity contribution is -0.142. The van der Waals surface area contributed by atoms with Gasteiger partial charge < -0.3 is 31.9 Å². The number of carboxylic acid groups (broad SMARTS) is 2. The number of carbonyl (C=O) groups excluding carboxylic acids is 3. The summed E-state index contributed by atoms with van der Waals surface area (Å²) < 4.78 is 0. The Balaban J connectivity index is 5.25. The van der Waals surface area contributed by atoms with Crippen LogP contribution in [0.4, 0.5) is 0 Å². The molecule has 0 rings (SSSR count). The number of aliphatic carboxylic acids is 2. The first-order chi connectivity index (χ1) is 14.9. The molecule has 4 atom stereocenters. The van der Waals surface area contributed by atoms with Crippen molar-refractivity contribution in [3.63, 3.8) is 0 Å². The first-order valence-corrected chi connectivity index (χ1v) is 12.2. The van der Waals surface area contributed by atoms with Crippen molar-refractivity contribution in [3.05, 3.63) is 0 Å². The number of carbonyl (C=O) groups is 5. The molecule has 0 aliphatic rings. The van der Waals surface area contributed by atoms with Crippen molar-refractivity contribution >= 4 is 54.1 Å². The molecular weight excluding hydrogens is 460 g/mol. The van der Waals surface area contributed by atoms with Crippen molar-refractivity contribution in [2.45, 2.75) is 63.7 Å². The van der Waals surface area contributed by atoms with Crippen molar-refractivity contribution in [3.8, 4) is 0 Å². The van der Waals surface area contributed by atoms with Crippen molar-refractivity contribution < 1.29 is 34.2 Å². The molecule has 0 saturated heterocycles. The Labute approximate surface area is 197 Å². The molecule has 0 saturated carbocycles. The zero-order valence-corrected chi connectivity index (χ0v) is 20.2. The van der Waals surface area contributed by atoms with Crippen LogP contribution in [-0.4, -0.2) is 81.8 Å². The van der Waals surface area contributed by atoms with Gasteiger partial charge in [0.15, 0.2) is 0 Å². The van der Waals surface area contributed by atoms with E-state index in [1.54, 1.807) is 13.8 Å². The van der Waals surface area contributed by atoms with Crippen LogP contribution in [0.15, 0.2) is 0 Å². The number of hydrogen-bond acceptors (Lipinski definition) is 8. The summed E-state index contributed by atoms with van der Waals surface area (Å²) in [6, 6.07) is -4.44. The smallest absolute Gasteiger partial charge is 0.326 e. The molecule has 13 heteroatoms. The monoisotopic (exact) mass is 494 g/mol. The minimum absolute atomic E-state index is 0.00590. The molecule has 0 aromatic heterocycles. The van der Waals surface area contributed by atoms with E-state index < -0.39 is 60.2 Å². The Hall–Kier alpha value is -1.99. The maximum Gasteiger partial charge on any atom is 0.326 e. The van der Waals surface area contributed by atoms with E-state index in [-0.39, 0.29) is 24.5 Å². The maximum absolute atomic E-state index is 12.7. The molecule has 0 radical (unpaired) electrons. The Morgan fingerprint density at radius 2 is 1.44 bits per heavy atom. The molecule has 0 aromatic carbocycles. The van der Waals surface area contributed by atoms with Gasteiger partial charge in [-0.15, -0.1) is 0 Å². The Kier molecular flexibility index (Phi) is 14.8. The van der Waals surface area contributed by atoms with E-state index in [9.17, 15) is 29.1 Å². The van der Waals surface area contributed by atoms with Crippen LogP contribution in [-0.2, 0) is 24.0 Å². The average Bonchev–Trinajstić information content (AvgIpc) is 2.71. The fraction of sp³-hybridized carbons (Fsp3) is 0.737. The third-order valence-electron chi connectivity index (χ3n) is 4.39. The van der Waals surface area contributed by atoms with Gasteiger partial charge in [-0.2, -0.15) is 24.4 Å². The van der Waals surface area contributed by atoms with Crippen LogP contribution in [0.25, 0.3) is 0 Å². The molecule has 0 aliphatic heterocycles. The second-order valence-electron chi connectivity index (χ2n) is 7.65. The van der Waals surface area contributed by atoms with Crippen LogP contribution in [0.1, 0.15) is 39.5 Å². The van der Waals surface area contributed by atoms with E-state index in [1.807, 2.05) is 6.26 Å². The summed E-state index contributed by atoms with van der Waals surface area (Å²) in [4.78, 5) is 59.8. The number of amides is 3. The summed E-state index contributed by atoms with van der Waals surface area (Å²) in [7, 11) is 0. The minimum atomic E-state index is -1.24. The molecule has 3 amide bonds. The molecule has 0 bridgehead atoms. The van der Waals surface area contributed by atoms with Crippen LogP contribution in [0.2, 0.25) is 0 Å². The van der Waals surface area contributed by atoms with Crippen LogP contribution in [0, 0.1) is 5.92 Å². The highest BCUT2D eigenvalue weighted by atomic mass is 32.2. The van der Waals surface area contributed by atoms with Crippen LogP contribution < -0.4 is 21.7 Å². The highest BCUT2D eigenvalue weighted by Gasteiger charge is 2.30. The minimum Gasteiger partial charge on any atom is -0.481 e. The van der Waals surface area contributed by atoms with Crippen molar-refractivity contribution in [1.29, 1.82) is 0 Å². The van der Waals surface area contributed by atoms with Gasteiger partial charge in [0.05, 0.1) is 6.04 Å². The molecule has 11 nitrogen and oxygen atoms in total. The number of hydrogen-bond donors (Lipinski definition) is 7. The summed E-state index contributed by atoms with van der Waals surface area (Å²) >= 11 is 5.54. The highest BCUT2D eigenvalue weighted by Crippen LogP contribution is 2.07. The predicted octanol–water partition coefficient (Wildman–Crippen LogP) is -0.553. The van der Waals surface area contributed by atoms with Crippen LogP contribution in [0.5, 0.6) is 0 Å². The molecule has 0 fully saturated rings. The van der Waals surface area contributed by atoms with Crippen molar-refractivity contribution in [1.82, 2.24) is 16.0 Å². The van der Waals surface area contributed by atoms with Gasteiger partial charge in [0.2, 0.25) is 17.7 Å². The van der Waals surface area contributed by atoms with Gasteiger partial charge in [-0.3, -0.25) is 19.2 Å². The average molecular weight is 495 g/mol.